The smallest absolute Gasteiger partial charge is 0.291 e. The number of nitrogens with zero attached hydrogens (tertiary/aromatic N) is 3. The van der Waals surface area contributed by atoms with Crippen LogP contribution in [0.15, 0.2) is 24.3 Å². The number of aryl methyl sites for hydroxylation is 1. The first-order valence-electron chi connectivity index (χ1n) is 7.23. The van der Waals surface area contributed by atoms with Gasteiger partial charge >= 0.3 is 0 Å². The Morgan fingerprint density at radius 2 is 2.14 bits per heavy atom. The fourth-order valence-electron chi connectivity index (χ4n) is 1.91. The number of aromatic nitrogens is 3. The third kappa shape index (κ3) is 3.64. The fourth-order valence-corrected chi connectivity index (χ4v) is 2.13. The zero-order chi connectivity index (χ0) is 16.1. The van der Waals surface area contributed by atoms with E-state index >= 15 is 0 Å². The monoisotopic (exact) mass is 321 g/mol. The molecule has 1 heterocycles. The molecule has 0 spiro atoms. The van der Waals surface area contributed by atoms with Crippen LogP contribution in [-0.4, -0.2) is 40.3 Å². The molecule has 0 aliphatic heterocycles. The summed E-state index contributed by atoms with van der Waals surface area (Å²) < 4.78 is 1.62. The molecule has 1 amide bonds. The molecule has 118 valence electrons. The molecule has 0 aliphatic carbocycles. The second-order valence-electron chi connectivity index (χ2n) is 4.97. The number of nitrogens with one attached hydrogen (secondary N) is 2. The van der Waals surface area contributed by atoms with Crippen LogP contribution < -0.4 is 10.6 Å². The summed E-state index contributed by atoms with van der Waals surface area (Å²) in [6.07, 6.45) is 0.651. The number of benzene rings is 1. The number of carbonyl (C=O) groups excluding carboxylic acids is 1. The molecule has 22 heavy (non-hydrogen) atoms. The molecule has 0 bridgehead atoms. The van der Waals surface area contributed by atoms with Crippen LogP contribution in [0.4, 0.5) is 0 Å². The molecule has 2 rings (SSSR count). The van der Waals surface area contributed by atoms with Gasteiger partial charge < -0.3 is 10.6 Å². The zero-order valence-electron chi connectivity index (χ0n) is 12.9. The highest BCUT2D eigenvalue weighted by Gasteiger charge is 2.17. The second-order valence-corrected chi connectivity index (χ2v) is 5.38. The van der Waals surface area contributed by atoms with Gasteiger partial charge in [-0.25, -0.2) is 9.67 Å². The average molecular weight is 322 g/mol. The topological polar surface area (TPSA) is 71.8 Å². The Kier molecular flexibility index (Phi) is 5.51. The summed E-state index contributed by atoms with van der Waals surface area (Å²) in [5, 5.41) is 10.7. The number of carbonyl (C=O) groups is 1. The van der Waals surface area contributed by atoms with Crippen molar-refractivity contribution in [2.45, 2.75) is 26.3 Å². The molecule has 0 fully saturated rings. The second kappa shape index (κ2) is 7.38. The lowest BCUT2D eigenvalue weighted by molar-refractivity contribution is 0.0940. The van der Waals surface area contributed by atoms with Crippen molar-refractivity contribution in [2.24, 2.45) is 0 Å². The average Bonchev–Trinajstić information content (AvgIpc) is 2.96. The van der Waals surface area contributed by atoms with E-state index in [2.05, 4.69) is 20.7 Å². The van der Waals surface area contributed by atoms with Gasteiger partial charge in [-0.1, -0.05) is 30.7 Å². The molecule has 0 saturated heterocycles. The summed E-state index contributed by atoms with van der Waals surface area (Å²) in [6.45, 7) is 4.45. The molecule has 7 heteroatoms. The van der Waals surface area contributed by atoms with Gasteiger partial charge in [0, 0.05) is 19.0 Å². The predicted octanol–water partition coefficient (Wildman–Crippen LogP) is 1.82. The van der Waals surface area contributed by atoms with Crippen LogP contribution in [0.5, 0.6) is 0 Å². The van der Waals surface area contributed by atoms with Gasteiger partial charge in [-0.2, -0.15) is 0 Å². The van der Waals surface area contributed by atoms with Gasteiger partial charge in [0.1, 0.15) is 5.82 Å². The van der Waals surface area contributed by atoms with Crippen LogP contribution in [0.25, 0.3) is 5.69 Å². The summed E-state index contributed by atoms with van der Waals surface area (Å²) >= 11 is 6.20. The standard InChI is InChI=1S/C15H20ClN5O/c1-4-13-19-14(15(22)18-9-10(2)17-3)20-21(13)12-8-6-5-7-11(12)16/h5-8,10,17H,4,9H2,1-3H3,(H,18,22). The number of rotatable bonds is 6. The summed E-state index contributed by atoms with van der Waals surface area (Å²) in [4.78, 5) is 16.5. The van der Waals surface area contributed by atoms with Crippen molar-refractivity contribution >= 4 is 17.5 Å². The van der Waals surface area contributed by atoms with Crippen molar-refractivity contribution in [3.05, 3.63) is 40.9 Å². The van der Waals surface area contributed by atoms with E-state index in [1.807, 2.05) is 39.1 Å². The highest BCUT2D eigenvalue weighted by atomic mass is 35.5. The Labute approximate surface area is 134 Å². The van der Waals surface area contributed by atoms with Gasteiger partial charge in [0.05, 0.1) is 10.7 Å². The van der Waals surface area contributed by atoms with Gasteiger partial charge in [0.2, 0.25) is 5.82 Å². The number of halogens is 1. The van der Waals surface area contributed by atoms with Gasteiger partial charge in [-0.15, -0.1) is 5.10 Å². The Morgan fingerprint density at radius 3 is 2.77 bits per heavy atom. The number of hydrogen-bond acceptors (Lipinski definition) is 4. The summed E-state index contributed by atoms with van der Waals surface area (Å²) in [7, 11) is 1.84. The van der Waals surface area contributed by atoms with E-state index in [4.69, 9.17) is 11.6 Å². The van der Waals surface area contributed by atoms with Crippen molar-refractivity contribution in [3.63, 3.8) is 0 Å². The molecule has 1 atom stereocenters. The molecule has 0 aliphatic rings. The highest BCUT2D eigenvalue weighted by Crippen LogP contribution is 2.20. The first-order valence-corrected chi connectivity index (χ1v) is 7.60. The summed E-state index contributed by atoms with van der Waals surface area (Å²) in [6, 6.07) is 7.53. The largest absolute Gasteiger partial charge is 0.348 e. The number of hydrogen-bond donors (Lipinski definition) is 2. The molecule has 6 nitrogen and oxygen atoms in total. The van der Waals surface area contributed by atoms with Gasteiger partial charge in [-0.3, -0.25) is 4.79 Å². The van der Waals surface area contributed by atoms with Crippen LogP contribution in [0.2, 0.25) is 5.02 Å². The zero-order valence-corrected chi connectivity index (χ0v) is 13.7. The molecule has 2 N–H and O–H groups in total. The maximum atomic E-state index is 12.2. The summed E-state index contributed by atoms with van der Waals surface area (Å²) in [5.41, 5.74) is 0.719. The van der Waals surface area contributed by atoms with Crippen molar-refractivity contribution < 1.29 is 4.79 Å². The Balaban J connectivity index is 2.26. The molecule has 0 saturated carbocycles. The van der Waals surface area contributed by atoms with E-state index in [1.165, 1.54) is 0 Å². The molecule has 2 aromatic rings. The first-order chi connectivity index (χ1) is 10.6. The SMILES string of the molecule is CCc1nc(C(=O)NCC(C)NC)nn1-c1ccccc1Cl. The van der Waals surface area contributed by atoms with Crippen LogP contribution in [0, 0.1) is 0 Å². The molecule has 1 aromatic carbocycles. The van der Waals surface area contributed by atoms with E-state index in [-0.39, 0.29) is 17.8 Å². The maximum Gasteiger partial charge on any atom is 0.291 e. The Bertz CT molecular complexity index is 655. The molecule has 1 aromatic heterocycles. The minimum Gasteiger partial charge on any atom is -0.348 e. The quantitative estimate of drug-likeness (QED) is 0.851. The van der Waals surface area contributed by atoms with Crippen LogP contribution in [0.3, 0.4) is 0 Å². The lowest BCUT2D eigenvalue weighted by atomic mass is 10.3. The van der Waals surface area contributed by atoms with Crippen molar-refractivity contribution in [1.29, 1.82) is 0 Å². The predicted molar refractivity (Wildman–Crippen MR) is 86.6 cm³/mol. The first kappa shape index (κ1) is 16.5. The number of likely N-dealkylation sites (N-methyl/N-ethyl adjacent to an activating group) is 1. The van der Waals surface area contributed by atoms with E-state index in [0.717, 1.165) is 5.69 Å². The van der Waals surface area contributed by atoms with E-state index in [1.54, 1.807) is 10.7 Å². The van der Waals surface area contributed by atoms with E-state index in [9.17, 15) is 4.79 Å². The molecular weight excluding hydrogens is 302 g/mol. The lowest BCUT2D eigenvalue weighted by Crippen LogP contribution is -2.37. The van der Waals surface area contributed by atoms with Gasteiger partial charge in [-0.05, 0) is 26.1 Å². The minimum absolute atomic E-state index is 0.153. The van der Waals surface area contributed by atoms with E-state index in [0.29, 0.717) is 23.8 Å². The van der Waals surface area contributed by atoms with Crippen LogP contribution in [0.1, 0.15) is 30.3 Å². The highest BCUT2D eigenvalue weighted by molar-refractivity contribution is 6.32. The third-order valence-electron chi connectivity index (χ3n) is 3.34. The van der Waals surface area contributed by atoms with E-state index < -0.39 is 0 Å². The normalized spacial score (nSPS) is 12.2. The molecular formula is C15H20ClN5O. The number of amides is 1. The minimum atomic E-state index is -0.289. The fraction of sp³-hybridized carbons (Fsp3) is 0.400. The maximum absolute atomic E-state index is 12.2. The summed E-state index contributed by atoms with van der Waals surface area (Å²) in [5.74, 6) is 0.558. The Morgan fingerprint density at radius 1 is 1.41 bits per heavy atom. The lowest BCUT2D eigenvalue weighted by Gasteiger charge is -2.09. The van der Waals surface area contributed by atoms with Crippen molar-refractivity contribution in [2.75, 3.05) is 13.6 Å². The Hall–Kier alpha value is -1.92. The number of para-hydroxylation sites is 1. The van der Waals surface area contributed by atoms with Crippen LogP contribution in [-0.2, 0) is 6.42 Å². The molecule has 1 unspecified atom stereocenters. The molecule has 0 radical (unpaired) electrons. The van der Waals surface area contributed by atoms with Gasteiger partial charge in [0.25, 0.3) is 5.91 Å². The van der Waals surface area contributed by atoms with Crippen molar-refractivity contribution in [3.8, 4) is 5.69 Å². The van der Waals surface area contributed by atoms with Crippen molar-refractivity contribution in [1.82, 2.24) is 25.4 Å². The van der Waals surface area contributed by atoms with Gasteiger partial charge in [0.15, 0.2) is 0 Å². The van der Waals surface area contributed by atoms with Crippen LogP contribution >= 0.6 is 11.6 Å². The third-order valence-corrected chi connectivity index (χ3v) is 3.66.